The van der Waals surface area contributed by atoms with Gasteiger partial charge in [-0.25, -0.2) is 0 Å². The highest BCUT2D eigenvalue weighted by molar-refractivity contribution is 5.70. The zero-order chi connectivity index (χ0) is 20.7. The molecule has 0 unspecified atom stereocenters. The van der Waals surface area contributed by atoms with Crippen LogP contribution in [-0.2, 0) is 19.0 Å². The fourth-order valence-electron chi connectivity index (χ4n) is 5.85. The lowest BCUT2D eigenvalue weighted by Crippen LogP contribution is -2.68. The van der Waals surface area contributed by atoms with Crippen molar-refractivity contribution in [2.24, 2.45) is 16.7 Å². The van der Waals surface area contributed by atoms with Gasteiger partial charge in [0.25, 0.3) is 0 Å². The van der Waals surface area contributed by atoms with E-state index in [4.69, 9.17) is 14.2 Å². The van der Waals surface area contributed by atoms with Crippen LogP contribution in [0.4, 0.5) is 0 Å². The minimum Gasteiger partial charge on any atom is -0.458 e. The number of aliphatic hydroxyl groups is 2. The molecule has 3 rings (SSSR count). The van der Waals surface area contributed by atoms with Crippen molar-refractivity contribution >= 4 is 5.97 Å². The lowest BCUT2D eigenvalue weighted by Gasteiger charge is -2.62. The molecule has 1 saturated heterocycles. The van der Waals surface area contributed by atoms with Crippen molar-refractivity contribution in [1.29, 1.82) is 0 Å². The van der Waals surface area contributed by atoms with Gasteiger partial charge < -0.3 is 24.4 Å². The molecule has 0 bridgehead atoms. The van der Waals surface area contributed by atoms with Gasteiger partial charge in [-0.3, -0.25) is 4.79 Å². The molecule has 2 fully saturated rings. The summed E-state index contributed by atoms with van der Waals surface area (Å²) >= 11 is 0. The second-order valence-electron chi connectivity index (χ2n) is 9.58. The van der Waals surface area contributed by atoms with Crippen LogP contribution < -0.4 is 0 Å². The maximum Gasteiger partial charge on any atom is 0.306 e. The molecule has 6 nitrogen and oxygen atoms in total. The van der Waals surface area contributed by atoms with Gasteiger partial charge in [0.1, 0.15) is 11.7 Å². The van der Waals surface area contributed by atoms with E-state index < -0.39 is 29.5 Å². The summed E-state index contributed by atoms with van der Waals surface area (Å²) in [6, 6.07) is 0. The number of methoxy groups -OCH3 is 1. The number of hydrogen-bond donors (Lipinski definition) is 2. The Balaban J connectivity index is 2.01. The molecule has 0 spiro atoms. The van der Waals surface area contributed by atoms with Crippen LogP contribution in [0.3, 0.4) is 0 Å². The smallest absolute Gasteiger partial charge is 0.306 e. The number of fused-ring (bicyclic) bond motifs is 3. The van der Waals surface area contributed by atoms with Crippen molar-refractivity contribution in [3.8, 4) is 0 Å². The minimum absolute atomic E-state index is 0.0641. The first-order chi connectivity index (χ1) is 13.1. The van der Waals surface area contributed by atoms with E-state index in [-0.39, 0.29) is 23.9 Å². The van der Waals surface area contributed by atoms with Gasteiger partial charge in [0.05, 0.1) is 12.7 Å². The number of rotatable bonds is 6. The average molecular weight is 397 g/mol. The Kier molecular flexibility index (Phi) is 5.99. The molecule has 28 heavy (non-hydrogen) atoms. The molecule has 2 aliphatic carbocycles. The van der Waals surface area contributed by atoms with Crippen molar-refractivity contribution < 1.29 is 29.2 Å². The summed E-state index contributed by atoms with van der Waals surface area (Å²) in [6.07, 6.45) is 4.49. The zero-order valence-electron chi connectivity index (χ0n) is 17.9. The summed E-state index contributed by atoms with van der Waals surface area (Å²) in [5.41, 5.74) is -1.90. The Morgan fingerprint density at radius 1 is 1.32 bits per heavy atom. The lowest BCUT2D eigenvalue weighted by atomic mass is 9.45. The fraction of sp³-hybridized carbons (Fsp3) is 0.864. The standard InChI is InChI=1S/C22H36O6/c1-6-7-8-9-17(24)28-15-12-14-19(26-5)27-13-22(14,25)21(4)16(23)10-11-20(2,3)18(15)21/h12,15-16,18-19,23,25H,6-11,13H2,1-5H3/t15-,16-,18+,19-,21+,22-/m1/s1. The predicted octanol–water partition coefficient (Wildman–Crippen LogP) is 2.96. The fourth-order valence-corrected chi connectivity index (χ4v) is 5.85. The van der Waals surface area contributed by atoms with Crippen molar-refractivity contribution in [3.05, 3.63) is 11.6 Å². The van der Waals surface area contributed by atoms with Crippen LogP contribution in [0.25, 0.3) is 0 Å². The van der Waals surface area contributed by atoms with Gasteiger partial charge >= 0.3 is 5.97 Å². The first-order valence-electron chi connectivity index (χ1n) is 10.6. The van der Waals surface area contributed by atoms with Crippen LogP contribution in [0.2, 0.25) is 0 Å². The minimum atomic E-state index is -1.35. The normalized spacial score (nSPS) is 41.8. The van der Waals surface area contributed by atoms with E-state index in [1.807, 2.05) is 13.0 Å². The van der Waals surface area contributed by atoms with Crippen molar-refractivity contribution in [3.63, 3.8) is 0 Å². The molecule has 6 heteroatoms. The summed E-state index contributed by atoms with van der Waals surface area (Å²) in [7, 11) is 1.53. The SMILES string of the molecule is CCCCCC(=O)O[C@@H]1C=C2[C@H](OC)OC[C@]2(O)[C@@]2(C)[C@H](O)CCC(C)(C)[C@H]12. The van der Waals surface area contributed by atoms with Gasteiger partial charge in [-0.1, -0.05) is 40.5 Å². The Labute approximate surface area is 168 Å². The van der Waals surface area contributed by atoms with Gasteiger partial charge in [-0.2, -0.15) is 0 Å². The average Bonchev–Trinajstić information content (AvgIpc) is 2.96. The number of carbonyl (C=O) groups excluding carboxylic acids is 1. The monoisotopic (exact) mass is 396 g/mol. The van der Waals surface area contributed by atoms with E-state index in [0.29, 0.717) is 18.4 Å². The predicted molar refractivity (Wildman–Crippen MR) is 104 cm³/mol. The van der Waals surface area contributed by atoms with Crippen LogP contribution in [0, 0.1) is 16.7 Å². The summed E-state index contributed by atoms with van der Waals surface area (Å²) in [5, 5.41) is 22.8. The maximum atomic E-state index is 12.5. The topological polar surface area (TPSA) is 85.2 Å². The van der Waals surface area contributed by atoms with Crippen LogP contribution in [0.15, 0.2) is 11.6 Å². The second kappa shape index (κ2) is 7.71. The third-order valence-electron chi connectivity index (χ3n) is 7.45. The van der Waals surface area contributed by atoms with E-state index in [1.165, 1.54) is 7.11 Å². The highest BCUT2D eigenvalue weighted by atomic mass is 16.7. The molecule has 2 N–H and O–H groups in total. The molecular weight excluding hydrogens is 360 g/mol. The molecule has 0 radical (unpaired) electrons. The Bertz CT molecular complexity index is 629. The number of unbranched alkanes of at least 4 members (excludes halogenated alkanes) is 2. The van der Waals surface area contributed by atoms with Crippen molar-refractivity contribution in [2.45, 2.75) is 90.3 Å². The van der Waals surface area contributed by atoms with Gasteiger partial charge in [0, 0.05) is 30.4 Å². The van der Waals surface area contributed by atoms with Crippen LogP contribution in [0.5, 0.6) is 0 Å². The first-order valence-corrected chi connectivity index (χ1v) is 10.6. The molecule has 0 amide bonds. The molecule has 1 aliphatic heterocycles. The quantitative estimate of drug-likeness (QED) is 0.408. The van der Waals surface area contributed by atoms with E-state index in [9.17, 15) is 15.0 Å². The number of ether oxygens (including phenoxy) is 3. The van der Waals surface area contributed by atoms with Crippen molar-refractivity contribution in [1.82, 2.24) is 0 Å². The molecule has 3 aliphatic rings. The lowest BCUT2D eigenvalue weighted by molar-refractivity contribution is -0.226. The van der Waals surface area contributed by atoms with E-state index in [2.05, 4.69) is 20.8 Å². The second-order valence-corrected chi connectivity index (χ2v) is 9.58. The summed E-state index contributed by atoms with van der Waals surface area (Å²) in [6.45, 7) is 8.33. The maximum absolute atomic E-state index is 12.5. The number of hydrogen-bond acceptors (Lipinski definition) is 6. The summed E-state index contributed by atoms with van der Waals surface area (Å²) < 4.78 is 17.1. The van der Waals surface area contributed by atoms with Crippen LogP contribution >= 0.6 is 0 Å². The van der Waals surface area contributed by atoms with Crippen LogP contribution in [0.1, 0.15) is 66.2 Å². The Morgan fingerprint density at radius 2 is 2.04 bits per heavy atom. The van der Waals surface area contributed by atoms with Crippen LogP contribution in [-0.4, -0.2) is 54.0 Å². The Morgan fingerprint density at radius 3 is 2.68 bits per heavy atom. The molecule has 1 heterocycles. The summed E-state index contributed by atoms with van der Waals surface area (Å²) in [4.78, 5) is 12.5. The first kappa shape index (κ1) is 21.8. The molecular formula is C22H36O6. The molecule has 0 aromatic carbocycles. The highest BCUT2D eigenvalue weighted by Gasteiger charge is 2.70. The van der Waals surface area contributed by atoms with Gasteiger partial charge in [-0.05, 0) is 30.8 Å². The third-order valence-corrected chi connectivity index (χ3v) is 7.45. The van der Waals surface area contributed by atoms with E-state index >= 15 is 0 Å². The molecule has 0 aromatic rings. The number of carbonyl (C=O) groups is 1. The molecule has 0 aromatic heterocycles. The van der Waals surface area contributed by atoms with Gasteiger partial charge in [0.2, 0.25) is 0 Å². The summed E-state index contributed by atoms with van der Waals surface area (Å²) in [5.74, 6) is -0.460. The number of aliphatic hydroxyl groups excluding tert-OH is 1. The zero-order valence-corrected chi connectivity index (χ0v) is 17.9. The molecule has 160 valence electrons. The highest BCUT2D eigenvalue weighted by Crippen LogP contribution is 2.63. The van der Waals surface area contributed by atoms with Gasteiger partial charge in [-0.15, -0.1) is 0 Å². The van der Waals surface area contributed by atoms with E-state index in [0.717, 1.165) is 25.7 Å². The van der Waals surface area contributed by atoms with Crippen molar-refractivity contribution in [2.75, 3.05) is 13.7 Å². The van der Waals surface area contributed by atoms with Gasteiger partial charge in [0.15, 0.2) is 6.29 Å². The molecule has 1 saturated carbocycles. The third kappa shape index (κ3) is 3.22. The molecule has 6 atom stereocenters. The van der Waals surface area contributed by atoms with E-state index in [1.54, 1.807) is 0 Å². The Hall–Kier alpha value is -0.950. The number of esters is 1. The largest absolute Gasteiger partial charge is 0.458 e.